The molecule has 0 spiro atoms. The normalized spacial score (nSPS) is 12.3. The van der Waals surface area contributed by atoms with Gasteiger partial charge in [-0.05, 0) is 31.0 Å². The molecule has 0 aliphatic carbocycles. The molecule has 0 bridgehead atoms. The number of anilines is 2. The van der Waals surface area contributed by atoms with Crippen LogP contribution >= 0.6 is 15.9 Å². The van der Waals surface area contributed by atoms with E-state index in [0.29, 0.717) is 6.04 Å². The summed E-state index contributed by atoms with van der Waals surface area (Å²) < 4.78 is 1.12. The van der Waals surface area contributed by atoms with Gasteiger partial charge < -0.3 is 10.2 Å². The number of halogens is 1. The van der Waals surface area contributed by atoms with E-state index >= 15 is 0 Å². The zero-order valence-corrected chi connectivity index (χ0v) is 12.8. The van der Waals surface area contributed by atoms with E-state index in [-0.39, 0.29) is 0 Å². The van der Waals surface area contributed by atoms with Gasteiger partial charge in [0.2, 0.25) is 0 Å². The lowest BCUT2D eigenvalue weighted by Crippen LogP contribution is -2.20. The maximum atomic E-state index is 3.65. The van der Waals surface area contributed by atoms with Crippen molar-refractivity contribution in [3.05, 3.63) is 22.7 Å². The van der Waals surface area contributed by atoms with E-state index < -0.39 is 0 Å². The molecule has 1 aromatic carbocycles. The summed E-state index contributed by atoms with van der Waals surface area (Å²) in [6, 6.07) is 6.95. The molecule has 17 heavy (non-hydrogen) atoms. The Morgan fingerprint density at radius 3 is 2.53 bits per heavy atom. The molecule has 1 atom stereocenters. The van der Waals surface area contributed by atoms with Crippen LogP contribution in [0, 0.1) is 0 Å². The molecular weight excluding hydrogens is 276 g/mol. The lowest BCUT2D eigenvalue weighted by molar-refractivity contribution is 0.623. The van der Waals surface area contributed by atoms with Crippen molar-refractivity contribution in [3.8, 4) is 0 Å². The highest BCUT2D eigenvalue weighted by Gasteiger charge is 2.10. The first-order chi connectivity index (χ1) is 8.08. The van der Waals surface area contributed by atoms with Crippen molar-refractivity contribution in [1.82, 2.24) is 0 Å². The first-order valence-corrected chi connectivity index (χ1v) is 7.11. The van der Waals surface area contributed by atoms with Crippen molar-refractivity contribution in [2.24, 2.45) is 0 Å². The number of rotatable bonds is 6. The Hall–Kier alpha value is -0.700. The minimum Gasteiger partial charge on any atom is -0.381 e. The van der Waals surface area contributed by atoms with Crippen LogP contribution in [0.15, 0.2) is 22.7 Å². The Morgan fingerprint density at radius 1 is 1.29 bits per heavy atom. The molecule has 0 fully saturated rings. The number of hydrogen-bond donors (Lipinski definition) is 1. The summed E-state index contributed by atoms with van der Waals surface area (Å²) in [5.74, 6) is 0. The summed E-state index contributed by atoms with van der Waals surface area (Å²) >= 11 is 3.54. The zero-order chi connectivity index (χ0) is 12.8. The van der Waals surface area contributed by atoms with Gasteiger partial charge in [-0.15, -0.1) is 0 Å². The van der Waals surface area contributed by atoms with Crippen LogP contribution in [-0.4, -0.2) is 20.1 Å². The van der Waals surface area contributed by atoms with Crippen LogP contribution in [0.1, 0.15) is 33.1 Å². The van der Waals surface area contributed by atoms with Gasteiger partial charge in [-0.3, -0.25) is 0 Å². The van der Waals surface area contributed by atoms with Crippen LogP contribution in [0.3, 0.4) is 0 Å². The highest BCUT2D eigenvalue weighted by Crippen LogP contribution is 2.29. The Bertz CT molecular complexity index is 350. The predicted octanol–water partition coefficient (Wildman–Crippen LogP) is 4.51. The molecule has 0 heterocycles. The van der Waals surface area contributed by atoms with E-state index in [1.165, 1.54) is 24.2 Å². The monoisotopic (exact) mass is 298 g/mol. The topological polar surface area (TPSA) is 15.3 Å². The van der Waals surface area contributed by atoms with Gasteiger partial charge in [0.05, 0.1) is 11.4 Å². The molecule has 0 aliphatic rings. The minimum atomic E-state index is 0.563. The summed E-state index contributed by atoms with van der Waals surface area (Å²) in [5, 5.41) is 3.65. The Balaban J connectivity index is 2.90. The average Bonchev–Trinajstić information content (AvgIpc) is 2.28. The van der Waals surface area contributed by atoms with Crippen molar-refractivity contribution in [3.63, 3.8) is 0 Å². The lowest BCUT2D eigenvalue weighted by Gasteiger charge is -2.23. The predicted molar refractivity (Wildman–Crippen MR) is 81.1 cm³/mol. The summed E-state index contributed by atoms with van der Waals surface area (Å²) in [7, 11) is 4.16. The number of benzene rings is 1. The van der Waals surface area contributed by atoms with Crippen molar-refractivity contribution in [2.45, 2.75) is 39.2 Å². The fourth-order valence-corrected chi connectivity index (χ4v) is 2.32. The van der Waals surface area contributed by atoms with Gasteiger partial charge in [0.25, 0.3) is 0 Å². The summed E-state index contributed by atoms with van der Waals surface area (Å²) in [6.45, 7) is 4.47. The molecular formula is C14H23BrN2. The third-order valence-corrected chi connectivity index (χ3v) is 3.42. The van der Waals surface area contributed by atoms with E-state index in [1.54, 1.807) is 0 Å². The smallest absolute Gasteiger partial charge is 0.0597 e. The molecule has 96 valence electrons. The van der Waals surface area contributed by atoms with Gasteiger partial charge in [-0.2, -0.15) is 0 Å². The van der Waals surface area contributed by atoms with Gasteiger partial charge in [-0.1, -0.05) is 36.2 Å². The second-order valence-electron chi connectivity index (χ2n) is 4.59. The Morgan fingerprint density at radius 2 is 2.00 bits per heavy atom. The van der Waals surface area contributed by atoms with Crippen LogP contribution in [0.5, 0.6) is 0 Å². The summed E-state index contributed by atoms with van der Waals surface area (Å²) in [5.41, 5.74) is 2.45. The Labute approximate surface area is 114 Å². The van der Waals surface area contributed by atoms with Crippen molar-refractivity contribution < 1.29 is 0 Å². The minimum absolute atomic E-state index is 0.563. The molecule has 0 amide bonds. The molecule has 0 aromatic heterocycles. The number of nitrogens with one attached hydrogen (secondary N) is 1. The van der Waals surface area contributed by atoms with Crippen LogP contribution in [0.25, 0.3) is 0 Å². The van der Waals surface area contributed by atoms with Gasteiger partial charge >= 0.3 is 0 Å². The van der Waals surface area contributed by atoms with E-state index in [2.05, 4.69) is 72.3 Å². The molecule has 1 unspecified atom stereocenters. The van der Waals surface area contributed by atoms with E-state index in [0.717, 1.165) is 10.9 Å². The van der Waals surface area contributed by atoms with E-state index in [1.807, 2.05) is 0 Å². The third-order valence-electron chi connectivity index (χ3n) is 2.93. The number of nitrogens with zero attached hydrogens (tertiary/aromatic N) is 1. The first kappa shape index (κ1) is 14.4. The van der Waals surface area contributed by atoms with Crippen LogP contribution in [0.2, 0.25) is 0 Å². The zero-order valence-electron chi connectivity index (χ0n) is 11.3. The van der Waals surface area contributed by atoms with Crippen molar-refractivity contribution >= 4 is 27.3 Å². The van der Waals surface area contributed by atoms with Gasteiger partial charge in [0, 0.05) is 24.6 Å². The Kier molecular flexibility index (Phi) is 5.83. The largest absolute Gasteiger partial charge is 0.381 e. The van der Waals surface area contributed by atoms with Gasteiger partial charge in [0.15, 0.2) is 0 Å². The number of hydrogen-bond acceptors (Lipinski definition) is 2. The molecule has 0 saturated heterocycles. The van der Waals surface area contributed by atoms with Crippen LogP contribution in [-0.2, 0) is 0 Å². The highest BCUT2D eigenvalue weighted by atomic mass is 79.9. The van der Waals surface area contributed by atoms with E-state index in [9.17, 15) is 0 Å². The molecule has 3 heteroatoms. The molecule has 2 nitrogen and oxygen atoms in total. The quantitative estimate of drug-likeness (QED) is 0.831. The van der Waals surface area contributed by atoms with Crippen molar-refractivity contribution in [1.29, 1.82) is 0 Å². The second kappa shape index (κ2) is 6.90. The van der Waals surface area contributed by atoms with E-state index in [4.69, 9.17) is 0 Å². The standard InChI is InChI=1S/C14H23BrN2/c1-5-7-12(6-2)16-13-10-11(15)8-9-14(13)17(3)4/h8-10,12,16H,5-7H2,1-4H3. The fraction of sp³-hybridized carbons (Fsp3) is 0.571. The molecule has 0 radical (unpaired) electrons. The van der Waals surface area contributed by atoms with Gasteiger partial charge in [0.1, 0.15) is 0 Å². The first-order valence-electron chi connectivity index (χ1n) is 6.31. The summed E-state index contributed by atoms with van der Waals surface area (Å²) in [4.78, 5) is 2.15. The second-order valence-corrected chi connectivity index (χ2v) is 5.51. The molecule has 1 aromatic rings. The molecule has 0 saturated carbocycles. The molecule has 0 aliphatic heterocycles. The maximum Gasteiger partial charge on any atom is 0.0597 e. The van der Waals surface area contributed by atoms with Gasteiger partial charge in [-0.25, -0.2) is 0 Å². The highest BCUT2D eigenvalue weighted by molar-refractivity contribution is 9.10. The lowest BCUT2D eigenvalue weighted by atomic mass is 10.1. The SMILES string of the molecule is CCCC(CC)Nc1cc(Br)ccc1N(C)C. The molecule has 1 rings (SSSR count). The fourth-order valence-electron chi connectivity index (χ4n) is 1.96. The molecule has 1 N–H and O–H groups in total. The third kappa shape index (κ3) is 4.23. The van der Waals surface area contributed by atoms with Crippen LogP contribution < -0.4 is 10.2 Å². The average molecular weight is 299 g/mol. The van der Waals surface area contributed by atoms with Crippen LogP contribution in [0.4, 0.5) is 11.4 Å². The van der Waals surface area contributed by atoms with Crippen molar-refractivity contribution in [2.75, 3.05) is 24.3 Å². The summed E-state index contributed by atoms with van der Waals surface area (Å²) in [6.07, 6.45) is 3.60. The maximum absolute atomic E-state index is 3.65.